The van der Waals surface area contributed by atoms with E-state index < -0.39 is 0 Å². The van der Waals surface area contributed by atoms with Gasteiger partial charge in [0.2, 0.25) is 0 Å². The van der Waals surface area contributed by atoms with Gasteiger partial charge in [0.05, 0.1) is 6.10 Å². The van der Waals surface area contributed by atoms with Gasteiger partial charge < -0.3 is 10.1 Å². The Balaban J connectivity index is 3.00. The van der Waals surface area contributed by atoms with E-state index in [1.54, 1.807) is 0 Å². The van der Waals surface area contributed by atoms with Crippen molar-refractivity contribution in [2.24, 2.45) is 5.92 Å². The van der Waals surface area contributed by atoms with E-state index in [1.807, 2.05) is 6.07 Å². The average molecular weight is 235 g/mol. The third-order valence-electron chi connectivity index (χ3n) is 2.71. The molecule has 0 aliphatic rings. The molecule has 2 nitrogen and oxygen atoms in total. The van der Waals surface area contributed by atoms with Crippen LogP contribution in [0.25, 0.3) is 0 Å². The van der Waals surface area contributed by atoms with Crippen molar-refractivity contribution in [2.75, 3.05) is 6.54 Å². The standard InChI is InChI=1S/C15H25NO/c1-6-16-15(11(2)3)13-9-7-8-10-14(13)17-12(4)5/h7-12,15-16H,6H2,1-5H3. The van der Waals surface area contributed by atoms with Crippen molar-refractivity contribution in [3.63, 3.8) is 0 Å². The van der Waals surface area contributed by atoms with Gasteiger partial charge in [0.15, 0.2) is 0 Å². The van der Waals surface area contributed by atoms with Gasteiger partial charge in [-0.25, -0.2) is 0 Å². The second kappa shape index (κ2) is 6.65. The van der Waals surface area contributed by atoms with Gasteiger partial charge in [-0.2, -0.15) is 0 Å². The summed E-state index contributed by atoms with van der Waals surface area (Å²) in [7, 11) is 0. The number of hydrogen-bond donors (Lipinski definition) is 1. The van der Waals surface area contributed by atoms with Crippen LogP contribution >= 0.6 is 0 Å². The number of hydrogen-bond acceptors (Lipinski definition) is 2. The molecule has 17 heavy (non-hydrogen) atoms. The molecule has 1 N–H and O–H groups in total. The maximum Gasteiger partial charge on any atom is 0.124 e. The third-order valence-corrected chi connectivity index (χ3v) is 2.71. The lowest BCUT2D eigenvalue weighted by molar-refractivity contribution is 0.235. The predicted octanol–water partition coefficient (Wildman–Crippen LogP) is 3.78. The number of rotatable bonds is 6. The Morgan fingerprint density at radius 1 is 1.12 bits per heavy atom. The fraction of sp³-hybridized carbons (Fsp3) is 0.600. The zero-order chi connectivity index (χ0) is 12.8. The maximum atomic E-state index is 5.88. The first-order valence-electron chi connectivity index (χ1n) is 6.55. The van der Waals surface area contributed by atoms with Gasteiger partial charge in [0.25, 0.3) is 0 Å². The molecule has 96 valence electrons. The van der Waals surface area contributed by atoms with Crippen molar-refractivity contribution in [3.05, 3.63) is 29.8 Å². The molecule has 0 aliphatic heterocycles. The summed E-state index contributed by atoms with van der Waals surface area (Å²) in [5.41, 5.74) is 1.26. The highest BCUT2D eigenvalue weighted by molar-refractivity contribution is 5.36. The minimum Gasteiger partial charge on any atom is -0.491 e. The first-order chi connectivity index (χ1) is 8.06. The molecule has 0 bridgehead atoms. The Kier molecular flexibility index (Phi) is 5.49. The molecule has 0 radical (unpaired) electrons. The normalized spacial score (nSPS) is 13.1. The number of nitrogens with one attached hydrogen (secondary N) is 1. The van der Waals surface area contributed by atoms with Crippen molar-refractivity contribution in [1.82, 2.24) is 5.32 Å². The summed E-state index contributed by atoms with van der Waals surface area (Å²) in [4.78, 5) is 0. The van der Waals surface area contributed by atoms with Crippen LogP contribution in [0.4, 0.5) is 0 Å². The second-order valence-electron chi connectivity index (χ2n) is 4.98. The smallest absolute Gasteiger partial charge is 0.124 e. The minimum absolute atomic E-state index is 0.214. The number of benzene rings is 1. The van der Waals surface area contributed by atoms with Crippen molar-refractivity contribution in [1.29, 1.82) is 0 Å². The Labute approximate surface area is 105 Å². The molecule has 0 saturated carbocycles. The van der Waals surface area contributed by atoms with Crippen LogP contribution in [0.5, 0.6) is 5.75 Å². The van der Waals surface area contributed by atoms with Crippen LogP contribution in [0, 0.1) is 5.92 Å². The highest BCUT2D eigenvalue weighted by Gasteiger charge is 2.18. The third kappa shape index (κ3) is 4.04. The molecule has 0 spiro atoms. The summed E-state index contributed by atoms with van der Waals surface area (Å²) >= 11 is 0. The van der Waals surface area contributed by atoms with Crippen LogP contribution in [0.15, 0.2) is 24.3 Å². The molecule has 2 heteroatoms. The van der Waals surface area contributed by atoms with Crippen LogP contribution in [-0.2, 0) is 0 Å². The zero-order valence-electron chi connectivity index (χ0n) is 11.7. The molecule has 1 aromatic rings. The lowest BCUT2D eigenvalue weighted by atomic mass is 9.95. The molecule has 0 heterocycles. The Hall–Kier alpha value is -1.02. The Morgan fingerprint density at radius 2 is 1.76 bits per heavy atom. The van der Waals surface area contributed by atoms with Crippen molar-refractivity contribution in [3.8, 4) is 5.75 Å². The van der Waals surface area contributed by atoms with Crippen molar-refractivity contribution in [2.45, 2.75) is 46.8 Å². The molecular weight excluding hydrogens is 210 g/mol. The maximum absolute atomic E-state index is 5.88. The first kappa shape index (κ1) is 14.0. The molecule has 1 atom stereocenters. The molecule has 0 aliphatic carbocycles. The fourth-order valence-corrected chi connectivity index (χ4v) is 2.02. The van der Waals surface area contributed by atoms with E-state index in [0.717, 1.165) is 12.3 Å². The predicted molar refractivity (Wildman–Crippen MR) is 73.5 cm³/mol. The highest BCUT2D eigenvalue weighted by atomic mass is 16.5. The van der Waals surface area contributed by atoms with Crippen LogP contribution in [-0.4, -0.2) is 12.6 Å². The molecule has 1 rings (SSSR count). The minimum atomic E-state index is 0.214. The topological polar surface area (TPSA) is 21.3 Å². The Morgan fingerprint density at radius 3 is 2.29 bits per heavy atom. The molecule has 1 aromatic carbocycles. The van der Waals surface area contributed by atoms with Crippen LogP contribution in [0.1, 0.15) is 46.2 Å². The molecule has 0 aromatic heterocycles. The van der Waals surface area contributed by atoms with Gasteiger partial charge >= 0.3 is 0 Å². The van der Waals surface area contributed by atoms with E-state index >= 15 is 0 Å². The molecule has 0 saturated heterocycles. The number of para-hydroxylation sites is 1. The molecule has 0 amide bonds. The molecular formula is C15H25NO. The van der Waals surface area contributed by atoms with Crippen molar-refractivity contribution >= 4 is 0 Å². The summed E-state index contributed by atoms with van der Waals surface area (Å²) in [6.07, 6.45) is 0.214. The zero-order valence-corrected chi connectivity index (χ0v) is 11.7. The quantitative estimate of drug-likeness (QED) is 0.810. The Bertz CT molecular complexity index is 333. The average Bonchev–Trinajstić information content (AvgIpc) is 2.26. The highest BCUT2D eigenvalue weighted by Crippen LogP contribution is 2.30. The van der Waals surface area contributed by atoms with Crippen LogP contribution in [0.3, 0.4) is 0 Å². The van der Waals surface area contributed by atoms with Crippen LogP contribution in [0.2, 0.25) is 0 Å². The first-order valence-corrected chi connectivity index (χ1v) is 6.55. The van der Waals surface area contributed by atoms with Gasteiger partial charge in [-0.15, -0.1) is 0 Å². The summed E-state index contributed by atoms with van der Waals surface area (Å²) in [6, 6.07) is 8.68. The van der Waals surface area contributed by atoms with E-state index in [9.17, 15) is 0 Å². The summed E-state index contributed by atoms with van der Waals surface area (Å²) < 4.78 is 5.88. The van der Waals surface area contributed by atoms with Crippen molar-refractivity contribution < 1.29 is 4.74 Å². The number of ether oxygens (including phenoxy) is 1. The largest absolute Gasteiger partial charge is 0.491 e. The summed E-state index contributed by atoms with van der Waals surface area (Å²) in [5.74, 6) is 1.55. The SMILES string of the molecule is CCNC(c1ccccc1OC(C)C)C(C)C. The monoisotopic (exact) mass is 235 g/mol. The fourth-order valence-electron chi connectivity index (χ4n) is 2.02. The second-order valence-corrected chi connectivity index (χ2v) is 4.98. The van der Waals surface area contributed by atoms with E-state index in [2.05, 4.69) is 58.1 Å². The van der Waals surface area contributed by atoms with Gasteiger partial charge in [-0.3, -0.25) is 0 Å². The van der Waals surface area contributed by atoms with E-state index in [-0.39, 0.29) is 6.10 Å². The van der Waals surface area contributed by atoms with Gasteiger partial charge in [-0.05, 0) is 32.4 Å². The van der Waals surface area contributed by atoms with Gasteiger partial charge in [0, 0.05) is 11.6 Å². The van der Waals surface area contributed by atoms with Gasteiger partial charge in [0.1, 0.15) is 5.75 Å². The lowest BCUT2D eigenvalue weighted by Gasteiger charge is -2.25. The summed E-state index contributed by atoms with van der Waals surface area (Å²) in [5, 5.41) is 3.53. The van der Waals surface area contributed by atoms with E-state index in [4.69, 9.17) is 4.74 Å². The van der Waals surface area contributed by atoms with Crippen LogP contribution < -0.4 is 10.1 Å². The molecule has 1 unspecified atom stereocenters. The van der Waals surface area contributed by atoms with E-state index in [0.29, 0.717) is 12.0 Å². The van der Waals surface area contributed by atoms with E-state index in [1.165, 1.54) is 5.56 Å². The summed E-state index contributed by atoms with van der Waals surface area (Å²) in [6.45, 7) is 11.7. The molecule has 0 fully saturated rings. The lowest BCUT2D eigenvalue weighted by Crippen LogP contribution is -2.26. The van der Waals surface area contributed by atoms with Gasteiger partial charge in [-0.1, -0.05) is 39.0 Å².